The Morgan fingerprint density at radius 1 is 1.00 bits per heavy atom. The topological polar surface area (TPSA) is 179 Å². The first-order chi connectivity index (χ1) is 10.6. The fraction of sp³-hybridized carbons (Fsp3) is 0.692. The number of carbonyl (C=O) groups excluding carboxylic acids is 2. The zero-order valence-electron chi connectivity index (χ0n) is 13.0. The molecule has 0 aliphatic heterocycles. The van der Waals surface area contributed by atoms with Crippen LogP contribution in [-0.4, -0.2) is 63.8 Å². The van der Waals surface area contributed by atoms with Crippen molar-refractivity contribution >= 4 is 23.8 Å². The highest BCUT2D eigenvalue weighted by Gasteiger charge is 2.28. The number of amides is 2. The molecule has 0 saturated carbocycles. The molecule has 0 aromatic carbocycles. The third-order valence-corrected chi connectivity index (χ3v) is 2.87. The number of nitrogens with two attached hydrogens (primary N) is 1. The van der Waals surface area contributed by atoms with Crippen molar-refractivity contribution in [2.75, 3.05) is 6.61 Å². The van der Waals surface area contributed by atoms with Gasteiger partial charge in [0.2, 0.25) is 11.8 Å². The number of hydrogen-bond acceptors (Lipinski definition) is 6. The molecule has 23 heavy (non-hydrogen) atoms. The first-order valence-corrected chi connectivity index (χ1v) is 7.00. The molecule has 0 aliphatic rings. The fourth-order valence-corrected chi connectivity index (χ4v) is 1.72. The maximum absolute atomic E-state index is 12.1. The van der Waals surface area contributed by atoms with E-state index in [9.17, 15) is 19.2 Å². The molecule has 0 spiro atoms. The molecule has 0 bridgehead atoms. The number of rotatable bonds is 10. The third-order valence-electron chi connectivity index (χ3n) is 2.87. The minimum atomic E-state index is -1.50. The van der Waals surface area contributed by atoms with E-state index in [1.165, 1.54) is 0 Å². The molecule has 0 saturated heterocycles. The van der Waals surface area contributed by atoms with Crippen molar-refractivity contribution in [2.24, 2.45) is 11.7 Å². The molecular weight excluding hydrogens is 310 g/mol. The van der Waals surface area contributed by atoms with Crippen molar-refractivity contribution in [1.29, 1.82) is 0 Å². The van der Waals surface area contributed by atoms with Gasteiger partial charge in [-0.3, -0.25) is 14.4 Å². The van der Waals surface area contributed by atoms with E-state index in [1.54, 1.807) is 13.8 Å². The van der Waals surface area contributed by atoms with E-state index < -0.39 is 54.9 Å². The molecule has 10 nitrogen and oxygen atoms in total. The zero-order valence-corrected chi connectivity index (χ0v) is 13.0. The van der Waals surface area contributed by atoms with Gasteiger partial charge in [-0.25, -0.2) is 4.79 Å². The summed E-state index contributed by atoms with van der Waals surface area (Å²) in [6.45, 7) is 2.76. The first kappa shape index (κ1) is 20.8. The minimum Gasteiger partial charge on any atom is -0.481 e. The molecule has 0 aliphatic carbocycles. The van der Waals surface area contributed by atoms with Gasteiger partial charge < -0.3 is 31.7 Å². The van der Waals surface area contributed by atoms with E-state index in [2.05, 4.69) is 10.6 Å². The van der Waals surface area contributed by atoms with Crippen molar-refractivity contribution in [3.63, 3.8) is 0 Å². The number of nitrogens with one attached hydrogen (secondary N) is 2. The summed E-state index contributed by atoms with van der Waals surface area (Å²) in [7, 11) is 0. The van der Waals surface area contributed by atoms with E-state index in [4.69, 9.17) is 21.1 Å². The Balaban J connectivity index is 4.92. The Morgan fingerprint density at radius 2 is 1.52 bits per heavy atom. The Labute approximate surface area is 133 Å². The maximum atomic E-state index is 12.1. The highest BCUT2D eigenvalue weighted by atomic mass is 16.4. The zero-order chi connectivity index (χ0) is 18.2. The molecule has 0 radical (unpaired) electrons. The lowest BCUT2D eigenvalue weighted by atomic mass is 10.0. The fourth-order valence-electron chi connectivity index (χ4n) is 1.72. The van der Waals surface area contributed by atoms with E-state index >= 15 is 0 Å². The molecule has 0 aromatic heterocycles. The molecule has 10 heteroatoms. The molecule has 3 atom stereocenters. The van der Waals surface area contributed by atoms with Crippen LogP contribution in [-0.2, 0) is 19.2 Å². The second kappa shape index (κ2) is 9.74. The number of carboxylic acid groups (broad SMARTS) is 2. The SMILES string of the molecule is CC(C)CC(NC(=O)C(N)CC(=O)O)C(=O)NC(CO)C(=O)O. The van der Waals surface area contributed by atoms with Gasteiger partial charge >= 0.3 is 11.9 Å². The van der Waals surface area contributed by atoms with Crippen LogP contribution in [0.3, 0.4) is 0 Å². The van der Waals surface area contributed by atoms with Gasteiger partial charge in [-0.2, -0.15) is 0 Å². The summed E-state index contributed by atoms with van der Waals surface area (Å²) in [5.41, 5.74) is 5.41. The molecule has 2 amide bonds. The number of aliphatic hydroxyl groups is 1. The summed E-state index contributed by atoms with van der Waals surface area (Å²) < 4.78 is 0. The van der Waals surface area contributed by atoms with Crippen LogP contribution in [0.4, 0.5) is 0 Å². The summed E-state index contributed by atoms with van der Waals surface area (Å²) in [6, 6.07) is -3.92. The van der Waals surface area contributed by atoms with Crippen molar-refractivity contribution < 1.29 is 34.5 Å². The predicted octanol–water partition coefficient (Wildman–Crippen LogP) is -2.12. The average Bonchev–Trinajstić information content (AvgIpc) is 2.41. The molecule has 132 valence electrons. The van der Waals surface area contributed by atoms with Crippen LogP contribution in [0.25, 0.3) is 0 Å². The lowest BCUT2D eigenvalue weighted by molar-refractivity contribution is -0.143. The Hall–Kier alpha value is -2.20. The van der Waals surface area contributed by atoms with Gasteiger partial charge in [0.05, 0.1) is 19.1 Å². The van der Waals surface area contributed by atoms with Gasteiger partial charge in [0.1, 0.15) is 12.1 Å². The quantitative estimate of drug-likeness (QED) is 0.262. The Kier molecular flexibility index (Phi) is 8.81. The summed E-state index contributed by atoms with van der Waals surface area (Å²) in [5, 5.41) is 30.7. The van der Waals surface area contributed by atoms with E-state index in [0.717, 1.165) is 0 Å². The smallest absolute Gasteiger partial charge is 0.328 e. The van der Waals surface area contributed by atoms with Crippen molar-refractivity contribution in [1.82, 2.24) is 10.6 Å². The molecular formula is C13H23N3O7. The largest absolute Gasteiger partial charge is 0.481 e. The molecule has 0 aromatic rings. The molecule has 0 heterocycles. The van der Waals surface area contributed by atoms with Crippen LogP contribution in [0.5, 0.6) is 0 Å². The second-order valence-electron chi connectivity index (χ2n) is 5.48. The van der Waals surface area contributed by atoms with Crippen molar-refractivity contribution in [3.05, 3.63) is 0 Å². The monoisotopic (exact) mass is 333 g/mol. The number of carboxylic acids is 2. The standard InChI is InChI=1S/C13H23N3O7/c1-6(2)3-8(12(21)16-9(5-17)13(22)23)15-11(20)7(14)4-10(18)19/h6-9,17H,3-5,14H2,1-2H3,(H,15,20)(H,16,21)(H,18,19)(H,22,23). The Morgan fingerprint density at radius 3 is 1.91 bits per heavy atom. The van der Waals surface area contributed by atoms with Crippen LogP contribution >= 0.6 is 0 Å². The molecule has 3 unspecified atom stereocenters. The van der Waals surface area contributed by atoms with Crippen molar-refractivity contribution in [3.8, 4) is 0 Å². The van der Waals surface area contributed by atoms with Gasteiger partial charge in [-0.1, -0.05) is 13.8 Å². The molecule has 0 fully saturated rings. The van der Waals surface area contributed by atoms with Crippen molar-refractivity contribution in [2.45, 2.75) is 44.8 Å². The molecule has 7 N–H and O–H groups in total. The average molecular weight is 333 g/mol. The van der Waals surface area contributed by atoms with Gasteiger partial charge in [-0.15, -0.1) is 0 Å². The second-order valence-corrected chi connectivity index (χ2v) is 5.48. The van der Waals surface area contributed by atoms with E-state index in [0.29, 0.717) is 0 Å². The minimum absolute atomic E-state index is 0.0147. The number of aliphatic carboxylic acids is 2. The van der Waals surface area contributed by atoms with Crippen LogP contribution in [0.2, 0.25) is 0 Å². The van der Waals surface area contributed by atoms with Gasteiger partial charge in [-0.05, 0) is 12.3 Å². The van der Waals surface area contributed by atoms with E-state index in [1.807, 2.05) is 0 Å². The third kappa shape index (κ3) is 8.12. The highest BCUT2D eigenvalue weighted by molar-refractivity contribution is 5.92. The number of hydrogen-bond donors (Lipinski definition) is 6. The normalized spacial score (nSPS) is 14.7. The summed E-state index contributed by atoms with van der Waals surface area (Å²) in [4.78, 5) is 45.2. The van der Waals surface area contributed by atoms with Gasteiger partial charge in [0, 0.05) is 0 Å². The summed E-state index contributed by atoms with van der Waals surface area (Å²) in [6.07, 6.45) is -0.411. The van der Waals surface area contributed by atoms with Crippen LogP contribution in [0, 0.1) is 5.92 Å². The maximum Gasteiger partial charge on any atom is 0.328 e. The number of aliphatic hydroxyl groups excluding tert-OH is 1. The van der Waals surface area contributed by atoms with Gasteiger partial charge in [0.15, 0.2) is 0 Å². The van der Waals surface area contributed by atoms with Crippen LogP contribution in [0.1, 0.15) is 26.7 Å². The lowest BCUT2D eigenvalue weighted by Gasteiger charge is -2.23. The van der Waals surface area contributed by atoms with Crippen LogP contribution < -0.4 is 16.4 Å². The summed E-state index contributed by atoms with van der Waals surface area (Å²) in [5.74, 6) is -4.32. The Bertz CT molecular complexity index is 453. The lowest BCUT2D eigenvalue weighted by Crippen LogP contribution is -2.55. The highest BCUT2D eigenvalue weighted by Crippen LogP contribution is 2.06. The predicted molar refractivity (Wildman–Crippen MR) is 78.3 cm³/mol. The van der Waals surface area contributed by atoms with Crippen LogP contribution in [0.15, 0.2) is 0 Å². The number of carbonyl (C=O) groups is 4. The van der Waals surface area contributed by atoms with E-state index in [-0.39, 0.29) is 12.3 Å². The first-order valence-electron chi connectivity index (χ1n) is 7.00. The molecule has 0 rings (SSSR count). The van der Waals surface area contributed by atoms with Gasteiger partial charge in [0.25, 0.3) is 0 Å². The summed E-state index contributed by atoms with van der Waals surface area (Å²) >= 11 is 0.